The second-order valence-electron chi connectivity index (χ2n) is 6.58. The molecule has 0 spiro atoms. The second-order valence-corrected chi connectivity index (χ2v) is 6.58. The highest BCUT2D eigenvalue weighted by Crippen LogP contribution is 2.28. The lowest BCUT2D eigenvalue weighted by Gasteiger charge is -2.24. The van der Waals surface area contributed by atoms with Crippen molar-refractivity contribution in [3.05, 3.63) is 70.8 Å². The van der Waals surface area contributed by atoms with Crippen molar-refractivity contribution in [1.29, 1.82) is 0 Å². The molecule has 0 aliphatic carbocycles. The van der Waals surface area contributed by atoms with Crippen LogP contribution in [0, 0.1) is 12.7 Å². The molecule has 0 bridgehead atoms. The first-order valence-corrected chi connectivity index (χ1v) is 8.80. The van der Waals surface area contributed by atoms with Crippen LogP contribution in [0.1, 0.15) is 33.4 Å². The van der Waals surface area contributed by atoms with Gasteiger partial charge in [-0.15, -0.1) is 5.10 Å². The molecule has 2 aromatic carbocycles. The number of fused-ring (bicyclic) bond motifs is 1. The summed E-state index contributed by atoms with van der Waals surface area (Å²) in [5.41, 5.74) is 2.63. The molecule has 3 aromatic rings. The number of rotatable bonds is 4. The van der Waals surface area contributed by atoms with Gasteiger partial charge in [-0.25, -0.2) is 9.07 Å². The highest BCUT2D eigenvalue weighted by molar-refractivity contribution is 6.03. The number of ether oxygens (including phenoxy) is 2. The Morgan fingerprint density at radius 2 is 2.07 bits per heavy atom. The number of nitrogens with zero attached hydrogens (tertiary/aromatic N) is 3. The average Bonchev–Trinajstić information content (AvgIpc) is 3.14. The first kappa shape index (κ1) is 18.1. The van der Waals surface area contributed by atoms with E-state index in [0.29, 0.717) is 12.2 Å². The molecule has 0 fully saturated rings. The normalized spacial score (nSPS) is 15.8. The van der Waals surface area contributed by atoms with Crippen LogP contribution in [0.3, 0.4) is 0 Å². The van der Waals surface area contributed by atoms with Crippen LogP contribution in [0.2, 0.25) is 0 Å². The molecule has 1 aliphatic rings. The van der Waals surface area contributed by atoms with E-state index >= 15 is 0 Å². The van der Waals surface area contributed by atoms with Crippen molar-refractivity contribution in [2.75, 3.05) is 12.4 Å². The van der Waals surface area contributed by atoms with Gasteiger partial charge in [-0.3, -0.25) is 4.79 Å². The standard InChI is InChI=1S/C20H19FN4O3/c1-12-3-8-15(21)16(9-12)22-20(26)19-17-11-28-18(10-25(17)24-23-19)13-4-6-14(27-2)7-5-13/h3-9,18H,10-11H2,1-2H3,(H,22,26). The fourth-order valence-corrected chi connectivity index (χ4v) is 3.12. The van der Waals surface area contributed by atoms with Crippen LogP contribution in [-0.2, 0) is 17.9 Å². The van der Waals surface area contributed by atoms with Gasteiger partial charge in [0.15, 0.2) is 5.69 Å². The van der Waals surface area contributed by atoms with Crippen LogP contribution in [0.15, 0.2) is 42.5 Å². The van der Waals surface area contributed by atoms with Crippen molar-refractivity contribution in [1.82, 2.24) is 15.0 Å². The van der Waals surface area contributed by atoms with E-state index in [0.717, 1.165) is 16.9 Å². The van der Waals surface area contributed by atoms with Gasteiger partial charge in [0.2, 0.25) is 0 Å². The van der Waals surface area contributed by atoms with Gasteiger partial charge in [-0.05, 0) is 42.3 Å². The molecule has 1 unspecified atom stereocenters. The summed E-state index contributed by atoms with van der Waals surface area (Å²) in [6.07, 6.45) is -0.203. The van der Waals surface area contributed by atoms with Gasteiger partial charge in [0.1, 0.15) is 17.7 Å². The summed E-state index contributed by atoms with van der Waals surface area (Å²) in [6, 6.07) is 12.1. The van der Waals surface area contributed by atoms with Gasteiger partial charge >= 0.3 is 0 Å². The Hall–Kier alpha value is -3.26. The Morgan fingerprint density at radius 3 is 2.82 bits per heavy atom. The molecule has 0 saturated heterocycles. The molecular weight excluding hydrogens is 363 g/mol. The number of aromatic nitrogens is 3. The zero-order valence-electron chi connectivity index (χ0n) is 15.5. The third-order valence-corrected chi connectivity index (χ3v) is 4.67. The molecule has 1 aliphatic heterocycles. The zero-order chi connectivity index (χ0) is 19.7. The molecule has 1 amide bonds. The Kier molecular flexibility index (Phi) is 4.79. The molecule has 7 nitrogen and oxygen atoms in total. The maximum atomic E-state index is 13.9. The maximum absolute atomic E-state index is 13.9. The van der Waals surface area contributed by atoms with E-state index in [-0.39, 0.29) is 24.1 Å². The van der Waals surface area contributed by atoms with E-state index in [4.69, 9.17) is 9.47 Å². The largest absolute Gasteiger partial charge is 0.497 e. The van der Waals surface area contributed by atoms with Gasteiger partial charge in [0.05, 0.1) is 31.6 Å². The lowest BCUT2D eigenvalue weighted by molar-refractivity contribution is -0.00173. The zero-order valence-corrected chi connectivity index (χ0v) is 15.5. The second kappa shape index (κ2) is 7.40. The van der Waals surface area contributed by atoms with Crippen LogP contribution in [0.25, 0.3) is 0 Å². The van der Waals surface area contributed by atoms with E-state index < -0.39 is 11.7 Å². The minimum Gasteiger partial charge on any atom is -0.497 e. The molecular formula is C20H19FN4O3. The van der Waals surface area contributed by atoms with Crippen molar-refractivity contribution < 1.29 is 18.7 Å². The Morgan fingerprint density at radius 1 is 1.29 bits per heavy atom. The molecule has 1 N–H and O–H groups in total. The van der Waals surface area contributed by atoms with Gasteiger partial charge in [-0.1, -0.05) is 23.4 Å². The average molecular weight is 382 g/mol. The first-order valence-electron chi connectivity index (χ1n) is 8.80. The summed E-state index contributed by atoms with van der Waals surface area (Å²) in [6.45, 7) is 2.44. The number of hydrogen-bond acceptors (Lipinski definition) is 5. The fourth-order valence-electron chi connectivity index (χ4n) is 3.12. The number of carbonyl (C=O) groups is 1. The number of halogens is 1. The van der Waals surface area contributed by atoms with Crippen molar-refractivity contribution in [3.8, 4) is 5.75 Å². The SMILES string of the molecule is COc1ccc(C2Cn3nnc(C(=O)Nc4cc(C)ccc4F)c3CO2)cc1. The van der Waals surface area contributed by atoms with Crippen LogP contribution >= 0.6 is 0 Å². The number of hydrogen-bond donors (Lipinski definition) is 1. The molecule has 2 heterocycles. The molecule has 1 atom stereocenters. The lowest BCUT2D eigenvalue weighted by Crippen LogP contribution is -2.24. The highest BCUT2D eigenvalue weighted by Gasteiger charge is 2.28. The predicted molar refractivity (Wildman–Crippen MR) is 99.6 cm³/mol. The minimum absolute atomic E-state index is 0.111. The van der Waals surface area contributed by atoms with Crippen LogP contribution in [0.4, 0.5) is 10.1 Å². The summed E-state index contributed by atoms with van der Waals surface area (Å²) in [5, 5.41) is 10.6. The summed E-state index contributed by atoms with van der Waals surface area (Å²) in [4.78, 5) is 12.6. The Balaban J connectivity index is 1.51. The summed E-state index contributed by atoms with van der Waals surface area (Å²) in [7, 11) is 1.61. The number of aryl methyl sites for hydroxylation is 1. The van der Waals surface area contributed by atoms with E-state index in [9.17, 15) is 9.18 Å². The van der Waals surface area contributed by atoms with Crippen molar-refractivity contribution >= 4 is 11.6 Å². The molecule has 8 heteroatoms. The smallest absolute Gasteiger partial charge is 0.278 e. The van der Waals surface area contributed by atoms with E-state index in [2.05, 4.69) is 15.6 Å². The molecule has 0 radical (unpaired) electrons. The number of carbonyl (C=O) groups excluding carboxylic acids is 1. The van der Waals surface area contributed by atoms with Crippen molar-refractivity contribution in [2.45, 2.75) is 26.2 Å². The highest BCUT2D eigenvalue weighted by atomic mass is 19.1. The van der Waals surface area contributed by atoms with Crippen LogP contribution in [-0.4, -0.2) is 28.0 Å². The summed E-state index contributed by atoms with van der Waals surface area (Å²) < 4.78 is 26.6. The number of methoxy groups -OCH3 is 1. The van der Waals surface area contributed by atoms with Crippen LogP contribution < -0.4 is 10.1 Å². The van der Waals surface area contributed by atoms with Gasteiger partial charge in [-0.2, -0.15) is 0 Å². The van der Waals surface area contributed by atoms with Crippen molar-refractivity contribution in [3.63, 3.8) is 0 Å². The number of nitrogens with one attached hydrogen (secondary N) is 1. The molecule has 144 valence electrons. The third-order valence-electron chi connectivity index (χ3n) is 4.67. The number of anilines is 1. The third kappa shape index (κ3) is 3.46. The minimum atomic E-state index is -0.516. The lowest BCUT2D eigenvalue weighted by atomic mass is 10.1. The van der Waals surface area contributed by atoms with Gasteiger partial charge in [0.25, 0.3) is 5.91 Å². The summed E-state index contributed by atoms with van der Waals surface area (Å²) >= 11 is 0. The molecule has 0 saturated carbocycles. The van der Waals surface area contributed by atoms with Gasteiger partial charge in [0, 0.05) is 0 Å². The van der Waals surface area contributed by atoms with Crippen LogP contribution in [0.5, 0.6) is 5.75 Å². The monoisotopic (exact) mass is 382 g/mol. The molecule has 4 rings (SSSR count). The predicted octanol–water partition coefficient (Wildman–Crippen LogP) is 3.26. The fraction of sp³-hybridized carbons (Fsp3) is 0.250. The number of amides is 1. The number of benzene rings is 2. The maximum Gasteiger partial charge on any atom is 0.278 e. The van der Waals surface area contributed by atoms with Crippen molar-refractivity contribution in [2.24, 2.45) is 0 Å². The van der Waals surface area contributed by atoms with E-state index in [1.165, 1.54) is 6.07 Å². The van der Waals surface area contributed by atoms with Gasteiger partial charge < -0.3 is 14.8 Å². The quantitative estimate of drug-likeness (QED) is 0.749. The molecule has 28 heavy (non-hydrogen) atoms. The Bertz CT molecular complexity index is 1020. The topological polar surface area (TPSA) is 78.3 Å². The molecule has 1 aromatic heterocycles. The van der Waals surface area contributed by atoms with E-state index in [1.54, 1.807) is 23.9 Å². The summed E-state index contributed by atoms with van der Waals surface area (Å²) in [5.74, 6) is -0.253. The van der Waals surface area contributed by atoms with E-state index in [1.807, 2.05) is 31.2 Å². The first-order chi connectivity index (χ1) is 13.5. The Labute approximate surface area is 161 Å².